The van der Waals surface area contributed by atoms with Crippen molar-refractivity contribution >= 4 is 34.4 Å². The molecule has 24 heavy (non-hydrogen) atoms. The van der Waals surface area contributed by atoms with Crippen LogP contribution in [0.15, 0.2) is 64.7 Å². The molecule has 0 N–H and O–H groups in total. The number of hydrogen-bond acceptors (Lipinski definition) is 2. The minimum atomic E-state index is 0. The molecule has 0 bridgehead atoms. The lowest BCUT2D eigenvalue weighted by atomic mass is 10.1. The Hall–Kier alpha value is -1.53. The zero-order valence-electron chi connectivity index (χ0n) is 14.0. The fourth-order valence-corrected chi connectivity index (χ4v) is 4.25. The predicted molar refractivity (Wildman–Crippen MR) is 98.5 cm³/mol. The number of aromatic nitrogens is 1. The van der Waals surface area contributed by atoms with E-state index in [2.05, 4.69) is 91.3 Å². The van der Waals surface area contributed by atoms with Crippen LogP contribution in [0.1, 0.15) is 11.1 Å². The van der Waals surface area contributed by atoms with Crippen LogP contribution in [-0.2, 0) is 7.05 Å². The number of aryl methyl sites for hydroxylation is 2. The van der Waals surface area contributed by atoms with Crippen molar-refractivity contribution in [3.63, 3.8) is 0 Å². The molecule has 2 aromatic carbocycles. The number of anilines is 1. The first-order valence-corrected chi connectivity index (χ1v) is 8.56. The highest BCUT2D eigenvalue weighted by atomic mass is 127. The third kappa shape index (κ3) is 2.93. The number of para-hydroxylation sites is 1. The number of hydrogen-bond donors (Lipinski definition) is 0. The fraction of sp³-hybridized carbons (Fsp3) is 0.150. The van der Waals surface area contributed by atoms with Crippen LogP contribution in [0.25, 0.3) is 17.0 Å². The smallest absolute Gasteiger partial charge is 0.212 e. The predicted octanol–water partition coefficient (Wildman–Crippen LogP) is 1.52. The van der Waals surface area contributed by atoms with Gasteiger partial charge in [0.2, 0.25) is 5.52 Å². The summed E-state index contributed by atoms with van der Waals surface area (Å²) in [6.45, 7) is 2.15. The monoisotopic (exact) mass is 446 g/mol. The SMILES string of the molecule is Cc1ccc2c(c1)S/C(=C\c1cc[n+](C)c3ccccc13)N2C.[I-]. The molecule has 122 valence electrons. The van der Waals surface area contributed by atoms with Gasteiger partial charge in [0.05, 0.1) is 16.1 Å². The Morgan fingerprint density at radius 2 is 1.88 bits per heavy atom. The molecule has 0 saturated carbocycles. The first kappa shape index (κ1) is 17.3. The van der Waals surface area contributed by atoms with Gasteiger partial charge in [-0.15, -0.1) is 0 Å². The number of halogens is 1. The zero-order chi connectivity index (χ0) is 16.0. The van der Waals surface area contributed by atoms with Crippen molar-refractivity contribution < 1.29 is 28.5 Å². The van der Waals surface area contributed by atoms with Crippen molar-refractivity contribution in [3.05, 3.63) is 70.9 Å². The summed E-state index contributed by atoms with van der Waals surface area (Å²) in [5.74, 6) is 0. The summed E-state index contributed by atoms with van der Waals surface area (Å²) in [5, 5.41) is 2.55. The Morgan fingerprint density at radius 1 is 1.08 bits per heavy atom. The summed E-state index contributed by atoms with van der Waals surface area (Å²) in [7, 11) is 4.24. The van der Waals surface area contributed by atoms with E-state index >= 15 is 0 Å². The fourth-order valence-electron chi connectivity index (χ4n) is 3.05. The molecule has 1 aliphatic heterocycles. The lowest BCUT2D eigenvalue weighted by Gasteiger charge is -2.13. The Bertz CT molecular complexity index is 950. The molecule has 0 saturated heterocycles. The molecule has 0 unspecified atom stereocenters. The van der Waals surface area contributed by atoms with Crippen LogP contribution < -0.4 is 33.4 Å². The van der Waals surface area contributed by atoms with E-state index in [9.17, 15) is 0 Å². The highest BCUT2D eigenvalue weighted by molar-refractivity contribution is 8.03. The standard InChI is InChI=1S/C20H19N2S.HI/c1-14-8-9-18-19(12-14)23-20(22(18)3)13-15-10-11-21(2)17-7-5-4-6-16(15)17;/h4-13H,1-3H3;1H/q+1;/p-1. The molecule has 0 fully saturated rings. The minimum absolute atomic E-state index is 0. The first-order valence-electron chi connectivity index (χ1n) is 7.75. The van der Waals surface area contributed by atoms with Gasteiger partial charge in [-0.1, -0.05) is 30.0 Å². The Labute approximate surface area is 164 Å². The molecule has 0 radical (unpaired) electrons. The average Bonchev–Trinajstić information content (AvgIpc) is 2.86. The number of benzene rings is 2. The second-order valence-electron chi connectivity index (χ2n) is 6.01. The summed E-state index contributed by atoms with van der Waals surface area (Å²) in [5.41, 5.74) is 5.11. The van der Waals surface area contributed by atoms with E-state index in [0.29, 0.717) is 0 Å². The van der Waals surface area contributed by atoms with Crippen LogP contribution in [0.2, 0.25) is 0 Å². The van der Waals surface area contributed by atoms with Crippen molar-refractivity contribution in [2.24, 2.45) is 7.05 Å². The van der Waals surface area contributed by atoms with E-state index in [1.165, 1.54) is 37.6 Å². The third-order valence-corrected chi connectivity index (χ3v) is 5.52. The normalized spacial score (nSPS) is 14.8. The van der Waals surface area contributed by atoms with Crippen LogP contribution >= 0.6 is 11.8 Å². The van der Waals surface area contributed by atoms with Gasteiger partial charge in [0.1, 0.15) is 7.05 Å². The first-order chi connectivity index (χ1) is 11.1. The molecule has 0 spiro atoms. The van der Waals surface area contributed by atoms with E-state index in [0.717, 1.165) is 0 Å². The lowest BCUT2D eigenvalue weighted by Crippen LogP contribution is -3.00. The van der Waals surface area contributed by atoms with Gasteiger partial charge in [-0.3, -0.25) is 0 Å². The van der Waals surface area contributed by atoms with Crippen molar-refractivity contribution in [3.8, 4) is 0 Å². The summed E-state index contributed by atoms with van der Waals surface area (Å²) in [4.78, 5) is 3.62. The van der Waals surface area contributed by atoms with Gasteiger partial charge >= 0.3 is 0 Å². The molecule has 4 heteroatoms. The Kier molecular flexibility index (Phi) is 4.88. The summed E-state index contributed by atoms with van der Waals surface area (Å²) in [6.07, 6.45) is 4.42. The van der Waals surface area contributed by atoms with Gasteiger partial charge in [0, 0.05) is 24.1 Å². The third-order valence-electron chi connectivity index (χ3n) is 4.37. The summed E-state index contributed by atoms with van der Waals surface area (Å²) in [6, 6.07) is 17.4. The zero-order valence-corrected chi connectivity index (χ0v) is 16.9. The average molecular weight is 446 g/mol. The van der Waals surface area contributed by atoms with E-state index < -0.39 is 0 Å². The van der Waals surface area contributed by atoms with Gasteiger partial charge in [0.25, 0.3) is 0 Å². The molecule has 4 rings (SSSR count). The van der Waals surface area contributed by atoms with Gasteiger partial charge in [0.15, 0.2) is 6.20 Å². The summed E-state index contributed by atoms with van der Waals surface area (Å²) < 4.78 is 2.17. The number of pyridine rings is 1. The van der Waals surface area contributed by atoms with E-state index in [1.807, 2.05) is 11.8 Å². The number of thioether (sulfide) groups is 1. The second kappa shape index (κ2) is 6.76. The van der Waals surface area contributed by atoms with Gasteiger partial charge in [-0.05, 0) is 42.3 Å². The van der Waals surface area contributed by atoms with E-state index in [4.69, 9.17) is 0 Å². The van der Waals surface area contributed by atoms with Crippen LogP contribution in [0.5, 0.6) is 0 Å². The minimum Gasteiger partial charge on any atom is -1.00 e. The van der Waals surface area contributed by atoms with E-state index in [-0.39, 0.29) is 24.0 Å². The maximum Gasteiger partial charge on any atom is 0.212 e. The largest absolute Gasteiger partial charge is 1.00 e. The Morgan fingerprint density at radius 3 is 2.71 bits per heavy atom. The number of rotatable bonds is 1. The van der Waals surface area contributed by atoms with Crippen molar-refractivity contribution in [1.82, 2.24) is 0 Å². The van der Waals surface area contributed by atoms with Crippen LogP contribution in [0, 0.1) is 6.92 Å². The second-order valence-corrected chi connectivity index (χ2v) is 7.08. The molecular formula is C20H19IN2S. The topological polar surface area (TPSA) is 7.12 Å². The molecule has 2 nitrogen and oxygen atoms in total. The van der Waals surface area contributed by atoms with Gasteiger partial charge < -0.3 is 28.9 Å². The van der Waals surface area contributed by atoms with Crippen molar-refractivity contribution in [1.29, 1.82) is 0 Å². The van der Waals surface area contributed by atoms with Crippen molar-refractivity contribution in [2.75, 3.05) is 11.9 Å². The highest BCUT2D eigenvalue weighted by Crippen LogP contribution is 2.46. The molecule has 0 atom stereocenters. The van der Waals surface area contributed by atoms with Gasteiger partial charge in [-0.2, -0.15) is 0 Å². The molecule has 0 amide bonds. The number of nitrogens with zero attached hydrogens (tertiary/aromatic N) is 2. The maximum atomic E-state index is 2.29. The van der Waals surface area contributed by atoms with Crippen LogP contribution in [0.4, 0.5) is 5.69 Å². The summed E-state index contributed by atoms with van der Waals surface area (Å²) >= 11 is 1.85. The molecule has 1 aromatic heterocycles. The molecular weight excluding hydrogens is 427 g/mol. The molecule has 3 aromatic rings. The molecule has 0 aliphatic carbocycles. The molecule has 1 aliphatic rings. The van der Waals surface area contributed by atoms with Gasteiger partial charge in [-0.25, -0.2) is 4.57 Å². The van der Waals surface area contributed by atoms with E-state index in [1.54, 1.807) is 0 Å². The highest BCUT2D eigenvalue weighted by Gasteiger charge is 2.22. The van der Waals surface area contributed by atoms with Crippen LogP contribution in [-0.4, -0.2) is 7.05 Å². The quantitative estimate of drug-likeness (QED) is 0.414. The lowest BCUT2D eigenvalue weighted by molar-refractivity contribution is -0.644. The Balaban J connectivity index is 0.00000169. The van der Waals surface area contributed by atoms with Crippen molar-refractivity contribution in [2.45, 2.75) is 11.8 Å². The molecule has 2 heterocycles. The number of fused-ring (bicyclic) bond motifs is 2. The van der Waals surface area contributed by atoms with Crippen LogP contribution in [0.3, 0.4) is 0 Å². The maximum absolute atomic E-state index is 2.29.